The number of phenols is 1. The standard InChI is InChI=1S/C14H13N3O5/c1-8-5-10(18)3-4-11(8)15-12-6-9(2)13(16(19)20)7-14(12)17(21)22/h3-7,15,18H,1-2H3. The van der Waals surface area contributed by atoms with Gasteiger partial charge in [-0.05, 0) is 43.7 Å². The average molecular weight is 303 g/mol. The molecule has 2 rings (SSSR count). The molecule has 2 aromatic rings. The van der Waals surface area contributed by atoms with Crippen molar-refractivity contribution in [3.05, 3.63) is 61.7 Å². The Bertz CT molecular complexity index is 773. The van der Waals surface area contributed by atoms with Gasteiger partial charge in [-0.15, -0.1) is 0 Å². The zero-order valence-electron chi connectivity index (χ0n) is 11.9. The van der Waals surface area contributed by atoms with Gasteiger partial charge < -0.3 is 10.4 Å². The summed E-state index contributed by atoms with van der Waals surface area (Å²) in [4.78, 5) is 20.7. The van der Waals surface area contributed by atoms with E-state index in [-0.39, 0.29) is 22.8 Å². The van der Waals surface area contributed by atoms with Crippen LogP contribution in [0.15, 0.2) is 30.3 Å². The van der Waals surface area contributed by atoms with Crippen molar-refractivity contribution >= 4 is 22.7 Å². The largest absolute Gasteiger partial charge is 0.508 e. The van der Waals surface area contributed by atoms with E-state index in [2.05, 4.69) is 5.32 Å². The van der Waals surface area contributed by atoms with Gasteiger partial charge in [0.2, 0.25) is 0 Å². The van der Waals surface area contributed by atoms with Crippen LogP contribution in [0, 0.1) is 34.1 Å². The topological polar surface area (TPSA) is 119 Å². The maximum atomic E-state index is 11.1. The van der Waals surface area contributed by atoms with Crippen molar-refractivity contribution in [2.45, 2.75) is 13.8 Å². The van der Waals surface area contributed by atoms with Crippen molar-refractivity contribution in [3.63, 3.8) is 0 Å². The first kappa shape index (κ1) is 15.2. The van der Waals surface area contributed by atoms with Crippen LogP contribution in [0.2, 0.25) is 0 Å². The lowest BCUT2D eigenvalue weighted by atomic mass is 10.1. The lowest BCUT2D eigenvalue weighted by molar-refractivity contribution is -0.394. The Morgan fingerprint density at radius 1 is 0.909 bits per heavy atom. The lowest BCUT2D eigenvalue weighted by Crippen LogP contribution is -2.01. The molecule has 8 heteroatoms. The fraction of sp³-hybridized carbons (Fsp3) is 0.143. The van der Waals surface area contributed by atoms with Gasteiger partial charge in [0.15, 0.2) is 0 Å². The van der Waals surface area contributed by atoms with E-state index in [9.17, 15) is 25.3 Å². The Morgan fingerprint density at radius 3 is 2.09 bits per heavy atom. The minimum absolute atomic E-state index is 0.0810. The van der Waals surface area contributed by atoms with Crippen LogP contribution in [0.25, 0.3) is 0 Å². The molecule has 0 atom stereocenters. The van der Waals surface area contributed by atoms with Gasteiger partial charge in [0.1, 0.15) is 11.4 Å². The molecule has 2 aromatic carbocycles. The van der Waals surface area contributed by atoms with E-state index in [1.54, 1.807) is 13.0 Å². The Balaban J connectivity index is 2.52. The molecule has 0 saturated heterocycles. The number of nitro groups is 2. The van der Waals surface area contributed by atoms with E-state index in [4.69, 9.17) is 0 Å². The first-order valence-corrected chi connectivity index (χ1v) is 6.29. The quantitative estimate of drug-likeness (QED) is 0.506. The molecular weight excluding hydrogens is 290 g/mol. The van der Waals surface area contributed by atoms with Crippen LogP contribution in [0.5, 0.6) is 5.75 Å². The molecule has 0 aliphatic rings. The van der Waals surface area contributed by atoms with Gasteiger partial charge in [-0.2, -0.15) is 0 Å². The fourth-order valence-electron chi connectivity index (χ4n) is 2.07. The summed E-state index contributed by atoms with van der Waals surface area (Å²) in [5, 5.41) is 34.3. The first-order chi connectivity index (χ1) is 10.3. The molecule has 0 amide bonds. The van der Waals surface area contributed by atoms with Crippen molar-refractivity contribution in [1.29, 1.82) is 0 Å². The number of benzene rings is 2. The highest BCUT2D eigenvalue weighted by atomic mass is 16.6. The molecule has 0 aromatic heterocycles. The molecule has 8 nitrogen and oxygen atoms in total. The molecule has 0 aliphatic carbocycles. The zero-order chi connectivity index (χ0) is 16.4. The Labute approximate surface area is 125 Å². The Kier molecular flexibility index (Phi) is 3.93. The van der Waals surface area contributed by atoms with Crippen LogP contribution >= 0.6 is 0 Å². The minimum atomic E-state index is -0.676. The van der Waals surface area contributed by atoms with E-state index >= 15 is 0 Å². The Morgan fingerprint density at radius 2 is 1.55 bits per heavy atom. The first-order valence-electron chi connectivity index (χ1n) is 6.29. The molecule has 0 spiro atoms. The smallest absolute Gasteiger partial charge is 0.299 e. The van der Waals surface area contributed by atoms with Crippen LogP contribution in [0.1, 0.15) is 11.1 Å². The molecule has 2 N–H and O–H groups in total. The molecule has 0 radical (unpaired) electrons. The summed E-state index contributed by atoms with van der Waals surface area (Å²) in [5.41, 5.74) is 1.03. The van der Waals surface area contributed by atoms with E-state index in [1.807, 2.05) is 0 Å². The van der Waals surface area contributed by atoms with Crippen molar-refractivity contribution in [1.82, 2.24) is 0 Å². The van der Waals surface area contributed by atoms with Gasteiger partial charge in [-0.3, -0.25) is 20.2 Å². The predicted octanol–water partition coefficient (Wildman–Crippen LogP) is 3.57. The summed E-state index contributed by atoms with van der Waals surface area (Å²) in [6.45, 7) is 3.24. The summed E-state index contributed by atoms with van der Waals surface area (Å²) >= 11 is 0. The number of anilines is 2. The van der Waals surface area contributed by atoms with Gasteiger partial charge in [-0.1, -0.05) is 0 Å². The van der Waals surface area contributed by atoms with Crippen LogP contribution < -0.4 is 5.32 Å². The number of nitro benzene ring substituents is 2. The molecule has 0 aliphatic heterocycles. The second-order valence-corrected chi connectivity index (χ2v) is 4.79. The molecule has 114 valence electrons. The average Bonchev–Trinajstić information content (AvgIpc) is 2.41. The summed E-state index contributed by atoms with van der Waals surface area (Å²) in [6, 6.07) is 6.83. The van der Waals surface area contributed by atoms with Crippen molar-refractivity contribution < 1.29 is 15.0 Å². The van der Waals surface area contributed by atoms with Crippen LogP contribution in [0.3, 0.4) is 0 Å². The van der Waals surface area contributed by atoms with Crippen LogP contribution in [-0.2, 0) is 0 Å². The maximum Gasteiger partial charge on any atom is 0.299 e. The van der Waals surface area contributed by atoms with Crippen molar-refractivity contribution in [3.8, 4) is 5.75 Å². The molecule has 0 heterocycles. The molecule has 0 bridgehead atoms. The molecule has 0 saturated carbocycles. The summed E-state index contributed by atoms with van der Waals surface area (Å²) < 4.78 is 0. The molecule has 0 unspecified atom stereocenters. The number of hydrogen-bond donors (Lipinski definition) is 2. The monoisotopic (exact) mass is 303 g/mol. The number of nitrogens with zero attached hydrogens (tertiary/aromatic N) is 2. The third kappa shape index (κ3) is 2.95. The van der Waals surface area contributed by atoms with Gasteiger partial charge in [0, 0.05) is 11.3 Å². The van der Waals surface area contributed by atoms with E-state index in [1.165, 1.54) is 25.1 Å². The number of nitrogens with one attached hydrogen (secondary N) is 1. The van der Waals surface area contributed by atoms with Crippen LogP contribution in [-0.4, -0.2) is 15.0 Å². The molecular formula is C14H13N3O5. The second kappa shape index (κ2) is 5.68. The predicted molar refractivity (Wildman–Crippen MR) is 80.6 cm³/mol. The van der Waals surface area contributed by atoms with Crippen LogP contribution in [0.4, 0.5) is 22.7 Å². The number of rotatable bonds is 4. The third-order valence-electron chi connectivity index (χ3n) is 3.19. The summed E-state index contributed by atoms with van der Waals surface area (Å²) in [7, 11) is 0. The van der Waals surface area contributed by atoms with E-state index in [0.717, 1.165) is 6.07 Å². The van der Waals surface area contributed by atoms with Crippen molar-refractivity contribution in [2.75, 3.05) is 5.32 Å². The third-order valence-corrected chi connectivity index (χ3v) is 3.19. The van der Waals surface area contributed by atoms with Crippen molar-refractivity contribution in [2.24, 2.45) is 0 Å². The summed E-state index contributed by atoms with van der Waals surface area (Å²) in [5.74, 6) is 0.0810. The van der Waals surface area contributed by atoms with Gasteiger partial charge >= 0.3 is 0 Å². The number of hydrogen-bond acceptors (Lipinski definition) is 6. The normalized spacial score (nSPS) is 10.3. The lowest BCUT2D eigenvalue weighted by Gasteiger charge is -2.11. The minimum Gasteiger partial charge on any atom is -0.508 e. The van der Waals surface area contributed by atoms with Gasteiger partial charge in [0.25, 0.3) is 11.4 Å². The number of aryl methyl sites for hydroxylation is 2. The summed E-state index contributed by atoms with van der Waals surface area (Å²) in [6.07, 6.45) is 0. The highest BCUT2D eigenvalue weighted by Gasteiger charge is 2.22. The molecule has 0 fully saturated rings. The molecule has 22 heavy (non-hydrogen) atoms. The number of phenolic OH excluding ortho intramolecular Hbond substituents is 1. The Hall–Kier alpha value is -3.16. The fourth-order valence-corrected chi connectivity index (χ4v) is 2.07. The zero-order valence-corrected chi connectivity index (χ0v) is 11.9. The highest BCUT2D eigenvalue weighted by Crippen LogP contribution is 2.35. The van der Waals surface area contributed by atoms with Gasteiger partial charge in [-0.25, -0.2) is 0 Å². The number of aromatic hydroxyl groups is 1. The van der Waals surface area contributed by atoms with E-state index in [0.29, 0.717) is 16.8 Å². The van der Waals surface area contributed by atoms with Gasteiger partial charge in [0.05, 0.1) is 15.9 Å². The van der Waals surface area contributed by atoms with E-state index < -0.39 is 9.85 Å². The maximum absolute atomic E-state index is 11.1. The SMILES string of the molecule is Cc1cc(O)ccc1Nc1cc(C)c([N+](=O)[O-])cc1[N+](=O)[O-]. The highest BCUT2D eigenvalue weighted by molar-refractivity contribution is 5.74. The second-order valence-electron chi connectivity index (χ2n) is 4.79.